The summed E-state index contributed by atoms with van der Waals surface area (Å²) in [7, 11) is 0. The lowest BCUT2D eigenvalue weighted by atomic mass is 9.68. The first-order valence-corrected chi connectivity index (χ1v) is 34.1. The van der Waals surface area contributed by atoms with E-state index in [-0.39, 0.29) is 10.8 Å². The van der Waals surface area contributed by atoms with Gasteiger partial charge in [0.05, 0.1) is 0 Å². The Hall–Kier alpha value is -2.58. The van der Waals surface area contributed by atoms with Crippen molar-refractivity contribution in [3.05, 3.63) is 55.5 Å². The summed E-state index contributed by atoms with van der Waals surface area (Å²) in [5, 5.41) is 18.7. The van der Waals surface area contributed by atoms with E-state index in [4.69, 9.17) is 19.6 Å². The Bertz CT molecular complexity index is 2220. The van der Waals surface area contributed by atoms with Gasteiger partial charge in [0.2, 0.25) is 0 Å². The topological polar surface area (TPSA) is 77.8 Å². The maximum absolute atomic E-state index is 5.70. The molecule has 76 heavy (non-hydrogen) atoms. The zero-order chi connectivity index (χ0) is 53.3. The number of fused-ring (bicyclic) bond motifs is 10. The average Bonchev–Trinajstić information content (AvgIpc) is 4.38. The van der Waals surface area contributed by atoms with Crippen LogP contribution < -0.4 is 0 Å². The van der Waals surface area contributed by atoms with Crippen molar-refractivity contribution in [2.75, 3.05) is 0 Å². The van der Waals surface area contributed by atoms with Crippen molar-refractivity contribution in [3.63, 3.8) is 0 Å². The summed E-state index contributed by atoms with van der Waals surface area (Å²) in [4.78, 5) is 0. The van der Waals surface area contributed by atoms with Crippen LogP contribution in [-0.4, -0.2) is 20.6 Å². The average molecular weight is 1170 g/mol. The SMILES string of the molecule is CCCCCCCCCCCCC1(CCCCCCCCCCCC)c2cc3c(cc2-c2c1cc(Br)c1nonc21)C(CCCCCCCCCCCC)(CCCCCCCCCCCC)c1cc(Br)c2nonc2c1-3. The maximum Gasteiger partial charge on any atom is 0.150 e. The van der Waals surface area contributed by atoms with Crippen LogP contribution in [0, 0.1) is 0 Å². The van der Waals surface area contributed by atoms with Gasteiger partial charge in [-0.15, -0.1) is 0 Å². The van der Waals surface area contributed by atoms with E-state index < -0.39 is 0 Å². The third kappa shape index (κ3) is 15.9. The predicted molar refractivity (Wildman–Crippen MR) is 331 cm³/mol. The fraction of sp³-hybridized carbons (Fsp3) is 0.735. The van der Waals surface area contributed by atoms with Crippen molar-refractivity contribution in [2.24, 2.45) is 0 Å². The number of hydrogen-bond donors (Lipinski definition) is 0. The zero-order valence-corrected chi connectivity index (χ0v) is 52.0. The molecular weight excluding hydrogens is 1060 g/mol. The Morgan fingerprint density at radius 2 is 0.513 bits per heavy atom. The van der Waals surface area contributed by atoms with Crippen molar-refractivity contribution in [3.8, 4) is 22.3 Å². The van der Waals surface area contributed by atoms with E-state index >= 15 is 0 Å². The van der Waals surface area contributed by atoms with E-state index in [1.165, 1.54) is 301 Å². The lowest BCUT2D eigenvalue weighted by molar-refractivity contribution is 0.315. The highest BCUT2D eigenvalue weighted by Crippen LogP contribution is 2.63. The second kappa shape index (κ2) is 33.2. The summed E-state index contributed by atoms with van der Waals surface area (Å²) in [5.74, 6) is 0. The molecular formula is C68H104Br2N4O2. The highest BCUT2D eigenvalue weighted by atomic mass is 79.9. The minimum atomic E-state index is -0.148. The monoisotopic (exact) mass is 1170 g/mol. The number of aromatic nitrogens is 4. The molecule has 0 saturated carbocycles. The Morgan fingerprint density at radius 3 is 0.763 bits per heavy atom. The van der Waals surface area contributed by atoms with Crippen molar-refractivity contribution >= 4 is 53.9 Å². The van der Waals surface area contributed by atoms with E-state index in [0.717, 1.165) is 56.7 Å². The molecule has 422 valence electrons. The first-order valence-electron chi connectivity index (χ1n) is 32.6. The molecule has 0 unspecified atom stereocenters. The van der Waals surface area contributed by atoms with Crippen LogP contribution >= 0.6 is 31.9 Å². The third-order valence-corrected chi connectivity index (χ3v) is 19.8. The third-order valence-electron chi connectivity index (χ3n) is 18.6. The molecule has 0 aliphatic heterocycles. The van der Waals surface area contributed by atoms with Gasteiger partial charge in [-0.3, -0.25) is 0 Å². The van der Waals surface area contributed by atoms with E-state index in [1.807, 2.05) is 0 Å². The van der Waals surface area contributed by atoms with Gasteiger partial charge in [0.25, 0.3) is 0 Å². The first kappa shape index (κ1) is 61.0. The number of halogens is 2. The lowest BCUT2D eigenvalue weighted by Gasteiger charge is -2.35. The Balaban J connectivity index is 1.25. The highest BCUT2D eigenvalue weighted by molar-refractivity contribution is 9.11. The van der Waals surface area contributed by atoms with Crippen molar-refractivity contribution in [1.29, 1.82) is 0 Å². The Morgan fingerprint density at radius 1 is 0.289 bits per heavy atom. The predicted octanol–water partition coefficient (Wildman–Crippen LogP) is 24.1. The maximum atomic E-state index is 5.70. The minimum absolute atomic E-state index is 0.148. The molecule has 0 radical (unpaired) electrons. The Kier molecular flexibility index (Phi) is 26.7. The largest absolute Gasteiger partial charge is 0.243 e. The minimum Gasteiger partial charge on any atom is -0.243 e. The van der Waals surface area contributed by atoms with Gasteiger partial charge in [-0.2, -0.15) is 0 Å². The fourth-order valence-corrected chi connectivity index (χ4v) is 15.2. The van der Waals surface area contributed by atoms with Gasteiger partial charge in [-0.1, -0.05) is 285 Å². The molecule has 0 spiro atoms. The van der Waals surface area contributed by atoms with E-state index in [2.05, 4.69) is 94.1 Å². The standard InChI is InChI=1S/C68H104Br2N4O2/c1-5-9-13-17-21-25-29-33-37-41-45-67(46-42-38-34-30-26-22-18-14-10-6-2)55-49-54-56(50-53(55)61-57(67)51-59(69)63-65(61)73-75-71-63)68(47-43-39-35-31-27-23-19-15-11-7-3,48-44-40-36-32-28-24-20-16-12-8-4)58-52-60(70)64-66(62(54)58)74-76-72-64/h49-52H,5-48H2,1-4H3. The molecule has 0 N–H and O–H groups in total. The number of benzene rings is 3. The molecule has 0 fully saturated rings. The molecule has 2 heterocycles. The van der Waals surface area contributed by atoms with Crippen LogP contribution in [0.25, 0.3) is 44.3 Å². The molecule has 2 aliphatic carbocycles. The number of unbranched alkanes of at least 4 members (excludes halogenated alkanes) is 36. The number of rotatable bonds is 44. The normalized spacial score (nSPS) is 14.1. The Labute approximate surface area is 479 Å². The van der Waals surface area contributed by atoms with Crippen LogP contribution in [0.3, 0.4) is 0 Å². The molecule has 7 rings (SSSR count). The molecule has 0 bridgehead atoms. The van der Waals surface area contributed by atoms with Gasteiger partial charge in [0.15, 0.2) is 0 Å². The summed E-state index contributed by atoms with van der Waals surface area (Å²) in [6, 6.07) is 10.3. The van der Waals surface area contributed by atoms with Gasteiger partial charge in [-0.05, 0) is 136 Å². The van der Waals surface area contributed by atoms with E-state index in [1.54, 1.807) is 0 Å². The van der Waals surface area contributed by atoms with Gasteiger partial charge < -0.3 is 0 Å². The van der Waals surface area contributed by atoms with Crippen LogP contribution in [0.2, 0.25) is 0 Å². The number of nitrogens with zero attached hydrogens (tertiary/aromatic N) is 4. The summed E-state index contributed by atoms with van der Waals surface area (Å²) >= 11 is 8.10. The highest BCUT2D eigenvalue weighted by Gasteiger charge is 2.50. The lowest BCUT2D eigenvalue weighted by Crippen LogP contribution is -2.27. The molecule has 0 atom stereocenters. The van der Waals surface area contributed by atoms with Crippen LogP contribution in [0.1, 0.15) is 332 Å². The van der Waals surface area contributed by atoms with Gasteiger partial charge >= 0.3 is 0 Å². The summed E-state index contributed by atoms with van der Waals surface area (Å²) in [6.45, 7) is 9.28. The van der Waals surface area contributed by atoms with Crippen LogP contribution in [0.15, 0.2) is 42.5 Å². The zero-order valence-electron chi connectivity index (χ0n) is 48.8. The van der Waals surface area contributed by atoms with E-state index in [9.17, 15) is 0 Å². The summed E-state index contributed by atoms with van der Waals surface area (Å²) in [5.41, 5.74) is 14.3. The summed E-state index contributed by atoms with van der Waals surface area (Å²) in [6.07, 6.45) is 58.2. The van der Waals surface area contributed by atoms with Crippen LogP contribution in [0.4, 0.5) is 0 Å². The van der Waals surface area contributed by atoms with Crippen molar-refractivity contribution in [2.45, 2.75) is 321 Å². The molecule has 3 aromatic carbocycles. The summed E-state index contributed by atoms with van der Waals surface area (Å²) < 4.78 is 13.4. The van der Waals surface area contributed by atoms with Gasteiger partial charge in [0.1, 0.15) is 22.1 Å². The number of hydrogen-bond acceptors (Lipinski definition) is 6. The fourth-order valence-electron chi connectivity index (χ4n) is 14.2. The molecule has 0 amide bonds. The van der Waals surface area contributed by atoms with E-state index in [0.29, 0.717) is 0 Å². The second-order valence-corrected chi connectivity index (χ2v) is 26.0. The molecule has 6 nitrogen and oxygen atoms in total. The quantitative estimate of drug-likeness (QED) is 0.0362. The molecule has 5 aromatic rings. The molecule has 2 aromatic heterocycles. The van der Waals surface area contributed by atoms with Crippen LogP contribution in [-0.2, 0) is 10.8 Å². The van der Waals surface area contributed by atoms with Gasteiger partial charge in [0, 0.05) is 30.9 Å². The van der Waals surface area contributed by atoms with Crippen molar-refractivity contribution < 1.29 is 9.26 Å². The van der Waals surface area contributed by atoms with Gasteiger partial charge in [-0.25, -0.2) is 9.26 Å². The molecule has 8 heteroatoms. The first-order chi connectivity index (χ1) is 37.5. The van der Waals surface area contributed by atoms with Crippen molar-refractivity contribution in [1.82, 2.24) is 20.6 Å². The molecule has 0 saturated heterocycles. The second-order valence-electron chi connectivity index (χ2n) is 24.3. The molecule has 2 aliphatic rings. The smallest absolute Gasteiger partial charge is 0.150 e. The van der Waals surface area contributed by atoms with Crippen LogP contribution in [0.5, 0.6) is 0 Å².